The Hall–Kier alpha value is -1.59. The molecule has 25 heavy (non-hydrogen) atoms. The van der Waals surface area contributed by atoms with E-state index in [-0.39, 0.29) is 0 Å². The Morgan fingerprint density at radius 2 is 2.08 bits per heavy atom. The van der Waals surface area contributed by atoms with E-state index in [1.54, 1.807) is 0 Å². The molecule has 6 nitrogen and oxygen atoms in total. The van der Waals surface area contributed by atoms with Crippen LogP contribution in [0, 0.1) is 5.92 Å². The highest BCUT2D eigenvalue weighted by atomic mass is 15.3. The Kier molecular flexibility index (Phi) is 8.77. The van der Waals surface area contributed by atoms with Gasteiger partial charge in [0.2, 0.25) is 0 Å². The molecule has 1 atom stereocenters. The summed E-state index contributed by atoms with van der Waals surface area (Å²) in [5.41, 5.74) is 0. The highest BCUT2D eigenvalue weighted by Gasteiger charge is 2.16. The van der Waals surface area contributed by atoms with E-state index in [1.807, 2.05) is 6.33 Å². The zero-order valence-corrected chi connectivity index (χ0v) is 16.4. The van der Waals surface area contributed by atoms with Crippen LogP contribution in [0.25, 0.3) is 0 Å². The Labute approximate surface area is 153 Å². The van der Waals surface area contributed by atoms with Crippen LogP contribution in [0.4, 0.5) is 0 Å². The molecule has 1 N–H and O–H groups in total. The molecule has 0 spiro atoms. The average Bonchev–Trinajstić information content (AvgIpc) is 3.31. The molecule has 1 fully saturated rings. The zero-order valence-electron chi connectivity index (χ0n) is 16.4. The van der Waals surface area contributed by atoms with Crippen molar-refractivity contribution in [2.24, 2.45) is 10.9 Å². The van der Waals surface area contributed by atoms with Gasteiger partial charge in [0, 0.05) is 39.1 Å². The third kappa shape index (κ3) is 6.33. The zero-order chi connectivity index (χ0) is 17.9. The first-order chi connectivity index (χ1) is 12.3. The van der Waals surface area contributed by atoms with E-state index in [0.717, 1.165) is 50.9 Å². The lowest BCUT2D eigenvalue weighted by Gasteiger charge is -2.23. The van der Waals surface area contributed by atoms with Crippen molar-refractivity contribution < 1.29 is 0 Å². The monoisotopic (exact) mass is 348 g/mol. The summed E-state index contributed by atoms with van der Waals surface area (Å²) in [7, 11) is 0. The van der Waals surface area contributed by atoms with Crippen molar-refractivity contribution >= 4 is 5.96 Å². The van der Waals surface area contributed by atoms with Crippen molar-refractivity contribution in [3.05, 3.63) is 12.2 Å². The van der Waals surface area contributed by atoms with E-state index in [0.29, 0.717) is 5.92 Å². The number of rotatable bonds is 10. The smallest absolute Gasteiger partial charge is 0.193 e. The van der Waals surface area contributed by atoms with Crippen LogP contribution in [-0.4, -0.2) is 51.8 Å². The van der Waals surface area contributed by atoms with E-state index in [9.17, 15) is 0 Å². The molecule has 6 heteroatoms. The third-order valence-corrected chi connectivity index (χ3v) is 5.10. The number of likely N-dealkylation sites (tertiary alicyclic amines) is 1. The number of aliphatic imine (C=N–C) groups is 1. The molecule has 0 amide bonds. The highest BCUT2D eigenvalue weighted by Crippen LogP contribution is 2.14. The molecule has 2 heterocycles. The minimum atomic E-state index is 0.712. The summed E-state index contributed by atoms with van der Waals surface area (Å²) < 4.78 is 2.13. The summed E-state index contributed by atoms with van der Waals surface area (Å²) >= 11 is 0. The topological polar surface area (TPSA) is 58.3 Å². The van der Waals surface area contributed by atoms with E-state index in [1.165, 1.54) is 38.5 Å². The van der Waals surface area contributed by atoms with Gasteiger partial charge < -0.3 is 14.8 Å². The molecule has 1 aliphatic heterocycles. The first-order valence-corrected chi connectivity index (χ1v) is 10.2. The number of hydrogen-bond donors (Lipinski definition) is 1. The molecule has 1 unspecified atom stereocenters. The van der Waals surface area contributed by atoms with Crippen molar-refractivity contribution in [3.8, 4) is 0 Å². The Morgan fingerprint density at radius 3 is 2.76 bits per heavy atom. The fourth-order valence-electron chi connectivity index (χ4n) is 3.36. The summed E-state index contributed by atoms with van der Waals surface area (Å²) in [5.74, 6) is 2.86. The lowest BCUT2D eigenvalue weighted by Crippen LogP contribution is -2.41. The third-order valence-electron chi connectivity index (χ3n) is 5.10. The summed E-state index contributed by atoms with van der Waals surface area (Å²) in [5, 5.41) is 11.8. The maximum atomic E-state index is 4.98. The fraction of sp³-hybridized carbons (Fsp3) is 0.842. The second-order valence-corrected chi connectivity index (χ2v) is 7.00. The van der Waals surface area contributed by atoms with Gasteiger partial charge in [-0.1, -0.05) is 40.0 Å². The number of guanidine groups is 1. The standard InChI is InChI=1S/C19H36N6/c1-4-7-10-17(5-2)15-21-19(24-12-8-9-13-24)20-11-14-25-16-22-23-18(25)6-3/h16-17H,4-15H2,1-3H3,(H,20,21). The summed E-state index contributed by atoms with van der Waals surface area (Å²) in [6.07, 6.45) is 10.4. The van der Waals surface area contributed by atoms with Gasteiger partial charge in [-0.15, -0.1) is 10.2 Å². The summed E-state index contributed by atoms with van der Waals surface area (Å²) in [6.45, 7) is 11.6. The molecule has 2 rings (SSSR count). The molecule has 1 aliphatic rings. The molecule has 142 valence electrons. The average molecular weight is 349 g/mol. The molecule has 1 saturated heterocycles. The highest BCUT2D eigenvalue weighted by molar-refractivity contribution is 5.80. The van der Waals surface area contributed by atoms with Gasteiger partial charge in [-0.05, 0) is 25.2 Å². The van der Waals surface area contributed by atoms with Gasteiger partial charge in [-0.25, -0.2) is 0 Å². The van der Waals surface area contributed by atoms with Crippen LogP contribution in [0.15, 0.2) is 11.3 Å². The van der Waals surface area contributed by atoms with Crippen LogP contribution in [0.3, 0.4) is 0 Å². The molecule has 0 aliphatic carbocycles. The first kappa shape index (κ1) is 19.7. The van der Waals surface area contributed by atoms with Gasteiger partial charge in [0.05, 0.1) is 0 Å². The largest absolute Gasteiger partial charge is 0.354 e. The van der Waals surface area contributed by atoms with Crippen LogP contribution >= 0.6 is 0 Å². The Balaban J connectivity index is 1.89. The second kappa shape index (κ2) is 11.1. The lowest BCUT2D eigenvalue weighted by atomic mass is 10.00. The van der Waals surface area contributed by atoms with Crippen molar-refractivity contribution in [2.45, 2.75) is 72.3 Å². The van der Waals surface area contributed by atoms with Gasteiger partial charge in [0.25, 0.3) is 0 Å². The van der Waals surface area contributed by atoms with Crippen LogP contribution in [0.5, 0.6) is 0 Å². The number of aromatic nitrogens is 3. The SMILES string of the molecule is CCCCC(CC)CN=C(NCCn1cnnc1CC)N1CCCC1. The number of unbranched alkanes of at least 4 members (excludes halogenated alkanes) is 1. The van der Waals surface area contributed by atoms with Gasteiger partial charge in [-0.3, -0.25) is 4.99 Å². The number of hydrogen-bond acceptors (Lipinski definition) is 3. The van der Waals surface area contributed by atoms with Crippen LogP contribution in [0.1, 0.15) is 65.1 Å². The quantitative estimate of drug-likeness (QED) is 0.521. The predicted octanol–water partition coefficient (Wildman–Crippen LogP) is 3.10. The van der Waals surface area contributed by atoms with E-state index < -0.39 is 0 Å². The minimum Gasteiger partial charge on any atom is -0.354 e. The Bertz CT molecular complexity index is 504. The normalized spacial score (nSPS) is 16.4. The molecule has 0 aromatic carbocycles. The van der Waals surface area contributed by atoms with Gasteiger partial charge >= 0.3 is 0 Å². The van der Waals surface area contributed by atoms with Crippen LogP contribution < -0.4 is 5.32 Å². The molecule has 0 radical (unpaired) electrons. The number of nitrogens with one attached hydrogen (secondary N) is 1. The van der Waals surface area contributed by atoms with Crippen molar-refractivity contribution in [1.82, 2.24) is 25.0 Å². The van der Waals surface area contributed by atoms with Gasteiger partial charge in [-0.2, -0.15) is 0 Å². The minimum absolute atomic E-state index is 0.712. The van der Waals surface area contributed by atoms with Crippen LogP contribution in [-0.2, 0) is 13.0 Å². The maximum Gasteiger partial charge on any atom is 0.193 e. The second-order valence-electron chi connectivity index (χ2n) is 7.00. The number of nitrogens with zero attached hydrogens (tertiary/aromatic N) is 5. The van der Waals surface area contributed by atoms with Crippen molar-refractivity contribution in [2.75, 3.05) is 26.2 Å². The van der Waals surface area contributed by atoms with Gasteiger partial charge in [0.1, 0.15) is 12.2 Å². The summed E-state index contributed by atoms with van der Waals surface area (Å²) in [4.78, 5) is 7.40. The maximum absolute atomic E-state index is 4.98. The lowest BCUT2D eigenvalue weighted by molar-refractivity contribution is 0.447. The predicted molar refractivity (Wildman–Crippen MR) is 104 cm³/mol. The van der Waals surface area contributed by atoms with Crippen molar-refractivity contribution in [3.63, 3.8) is 0 Å². The van der Waals surface area contributed by atoms with E-state index >= 15 is 0 Å². The fourth-order valence-corrected chi connectivity index (χ4v) is 3.36. The summed E-state index contributed by atoms with van der Waals surface area (Å²) in [6, 6.07) is 0. The molecular formula is C19H36N6. The van der Waals surface area contributed by atoms with Crippen molar-refractivity contribution in [1.29, 1.82) is 0 Å². The number of aryl methyl sites for hydroxylation is 1. The molecular weight excluding hydrogens is 312 g/mol. The molecule has 1 aromatic rings. The van der Waals surface area contributed by atoms with E-state index in [4.69, 9.17) is 4.99 Å². The molecule has 1 aromatic heterocycles. The first-order valence-electron chi connectivity index (χ1n) is 10.2. The molecule has 0 bridgehead atoms. The van der Waals surface area contributed by atoms with E-state index in [2.05, 4.69) is 45.8 Å². The molecule has 0 saturated carbocycles. The Morgan fingerprint density at radius 1 is 1.28 bits per heavy atom. The van der Waals surface area contributed by atoms with Crippen LogP contribution in [0.2, 0.25) is 0 Å². The van der Waals surface area contributed by atoms with Gasteiger partial charge in [0.15, 0.2) is 5.96 Å².